The second-order valence-corrected chi connectivity index (χ2v) is 3.82. The second kappa shape index (κ2) is 7.40. The quantitative estimate of drug-likeness (QED) is 0.465. The van der Waals surface area contributed by atoms with Crippen LogP contribution in [0.15, 0.2) is 43.3 Å². The number of nitrogens with zero attached hydrogens (tertiary/aromatic N) is 1. The molecule has 18 heavy (non-hydrogen) atoms. The summed E-state index contributed by atoms with van der Waals surface area (Å²) in [6.45, 7) is 9.74. The third-order valence-corrected chi connectivity index (χ3v) is 2.09. The van der Waals surface area contributed by atoms with Crippen molar-refractivity contribution < 1.29 is 14.3 Å². The lowest BCUT2D eigenvalue weighted by Crippen LogP contribution is -2.09. The molecule has 2 rings (SSSR count). The largest absolute Gasteiger partial charge is 0.459 e. The van der Waals surface area contributed by atoms with Gasteiger partial charge in [-0.25, -0.2) is 4.79 Å². The van der Waals surface area contributed by atoms with E-state index in [4.69, 9.17) is 9.47 Å². The van der Waals surface area contributed by atoms with Gasteiger partial charge in [0.1, 0.15) is 12.7 Å². The Balaban J connectivity index is 0.000000184. The molecule has 4 heteroatoms. The first-order chi connectivity index (χ1) is 8.63. The Bertz CT molecular complexity index is 410. The maximum absolute atomic E-state index is 10.7. The first-order valence-corrected chi connectivity index (χ1v) is 5.60. The fourth-order valence-corrected chi connectivity index (χ4v) is 0.956. The highest BCUT2D eigenvalue weighted by Crippen LogP contribution is 2.09. The van der Waals surface area contributed by atoms with E-state index in [9.17, 15) is 4.79 Å². The van der Waals surface area contributed by atoms with E-state index in [1.165, 1.54) is 0 Å². The number of rotatable bonds is 4. The first kappa shape index (κ1) is 14.1. The average Bonchev–Trinajstić information content (AvgIpc) is 3.21. The highest BCUT2D eigenvalue weighted by molar-refractivity contribution is 5.86. The summed E-state index contributed by atoms with van der Waals surface area (Å²) < 4.78 is 9.60. The predicted octanol–water partition coefficient (Wildman–Crippen LogP) is 2.23. The van der Waals surface area contributed by atoms with Crippen LogP contribution in [-0.2, 0) is 14.3 Å². The van der Waals surface area contributed by atoms with Crippen LogP contribution in [0.1, 0.15) is 12.5 Å². The molecule has 0 bridgehead atoms. The fraction of sp³-hybridized carbons (Fsp3) is 0.286. The molecule has 1 fully saturated rings. The van der Waals surface area contributed by atoms with Crippen LogP contribution >= 0.6 is 0 Å². The number of carbonyl (C=O) groups excluding carboxylic acids is 1. The molecule has 0 N–H and O–H groups in total. The summed E-state index contributed by atoms with van der Waals surface area (Å²) in [5.74, 6) is -0.337. The zero-order valence-electron chi connectivity index (χ0n) is 10.5. The number of epoxide rings is 1. The van der Waals surface area contributed by atoms with E-state index in [2.05, 4.69) is 18.1 Å². The van der Waals surface area contributed by atoms with E-state index in [-0.39, 0.29) is 12.1 Å². The number of hydrogen-bond donors (Lipinski definition) is 0. The maximum atomic E-state index is 10.7. The van der Waals surface area contributed by atoms with Gasteiger partial charge in [0, 0.05) is 18.0 Å². The van der Waals surface area contributed by atoms with E-state index in [0.717, 1.165) is 5.56 Å². The van der Waals surface area contributed by atoms with Gasteiger partial charge in [0.25, 0.3) is 0 Å². The average molecular weight is 247 g/mol. The zero-order valence-corrected chi connectivity index (χ0v) is 10.5. The molecule has 1 saturated heterocycles. The van der Waals surface area contributed by atoms with Crippen LogP contribution < -0.4 is 0 Å². The number of ether oxygens (including phenoxy) is 2. The molecule has 1 aromatic heterocycles. The molecule has 1 aliphatic rings. The van der Waals surface area contributed by atoms with E-state index in [0.29, 0.717) is 18.8 Å². The van der Waals surface area contributed by atoms with Gasteiger partial charge >= 0.3 is 5.97 Å². The van der Waals surface area contributed by atoms with Crippen molar-refractivity contribution in [3.63, 3.8) is 0 Å². The third-order valence-electron chi connectivity index (χ3n) is 2.09. The standard InChI is InChI=1S/C7H7N.C7H10O3/c1-2-7-3-5-8-6-4-7;1-5(2)7(8)10-4-6-3-9-6/h2-6H,1H2;6H,1,3-4H2,2H3. The molecule has 1 aliphatic heterocycles. The summed E-state index contributed by atoms with van der Waals surface area (Å²) in [5.41, 5.74) is 1.54. The lowest BCUT2D eigenvalue weighted by atomic mass is 10.3. The Morgan fingerprint density at radius 3 is 2.61 bits per heavy atom. The van der Waals surface area contributed by atoms with E-state index in [1.54, 1.807) is 25.4 Å². The van der Waals surface area contributed by atoms with Crippen LogP contribution in [-0.4, -0.2) is 30.3 Å². The van der Waals surface area contributed by atoms with Crippen molar-refractivity contribution in [2.24, 2.45) is 0 Å². The summed E-state index contributed by atoms with van der Waals surface area (Å²) >= 11 is 0. The lowest BCUT2D eigenvalue weighted by Gasteiger charge is -1.99. The fourth-order valence-electron chi connectivity index (χ4n) is 0.956. The highest BCUT2D eigenvalue weighted by atomic mass is 16.6. The van der Waals surface area contributed by atoms with Gasteiger partial charge in [0.05, 0.1) is 6.61 Å². The van der Waals surface area contributed by atoms with Crippen molar-refractivity contribution in [2.45, 2.75) is 13.0 Å². The smallest absolute Gasteiger partial charge is 0.333 e. The summed E-state index contributed by atoms with van der Waals surface area (Å²) in [7, 11) is 0. The normalized spacial score (nSPS) is 15.9. The van der Waals surface area contributed by atoms with Crippen LogP contribution in [0.2, 0.25) is 0 Å². The number of esters is 1. The Labute approximate surface area is 107 Å². The van der Waals surface area contributed by atoms with Crippen molar-refractivity contribution in [3.05, 3.63) is 48.8 Å². The highest BCUT2D eigenvalue weighted by Gasteiger charge is 2.24. The van der Waals surface area contributed by atoms with E-state index in [1.807, 2.05) is 12.1 Å². The van der Waals surface area contributed by atoms with Gasteiger partial charge in [-0.15, -0.1) is 0 Å². The summed E-state index contributed by atoms with van der Waals surface area (Å²) in [4.78, 5) is 14.5. The number of pyridine rings is 1. The Morgan fingerprint density at radius 2 is 2.22 bits per heavy atom. The number of carbonyl (C=O) groups is 1. The molecule has 1 aromatic rings. The monoisotopic (exact) mass is 247 g/mol. The Kier molecular flexibility index (Phi) is 5.80. The van der Waals surface area contributed by atoms with E-state index < -0.39 is 0 Å². The maximum Gasteiger partial charge on any atom is 0.333 e. The topological polar surface area (TPSA) is 51.7 Å². The summed E-state index contributed by atoms with van der Waals surface area (Å²) in [6.07, 6.45) is 5.43. The molecule has 0 saturated carbocycles. The van der Waals surface area contributed by atoms with E-state index >= 15 is 0 Å². The molecular formula is C14H17NO3. The van der Waals surface area contributed by atoms with Gasteiger partial charge < -0.3 is 9.47 Å². The van der Waals surface area contributed by atoms with Crippen LogP contribution in [0.5, 0.6) is 0 Å². The van der Waals surface area contributed by atoms with Crippen molar-refractivity contribution in [2.75, 3.05) is 13.2 Å². The molecule has 2 heterocycles. The molecule has 4 nitrogen and oxygen atoms in total. The molecule has 0 aromatic carbocycles. The SMILES string of the molecule is C=C(C)C(=O)OCC1CO1.C=Cc1ccncc1. The van der Waals surface area contributed by atoms with Crippen LogP contribution in [0.3, 0.4) is 0 Å². The predicted molar refractivity (Wildman–Crippen MR) is 69.8 cm³/mol. The minimum Gasteiger partial charge on any atom is -0.459 e. The molecule has 0 radical (unpaired) electrons. The van der Waals surface area contributed by atoms with Crippen molar-refractivity contribution >= 4 is 12.0 Å². The molecule has 0 amide bonds. The van der Waals surface area contributed by atoms with Gasteiger partial charge in [-0.1, -0.05) is 19.2 Å². The Hall–Kier alpha value is -1.94. The van der Waals surface area contributed by atoms with Gasteiger partial charge in [-0.05, 0) is 24.6 Å². The van der Waals surface area contributed by atoms with Gasteiger partial charge in [-0.2, -0.15) is 0 Å². The first-order valence-electron chi connectivity index (χ1n) is 5.60. The van der Waals surface area contributed by atoms with Crippen LogP contribution in [0.25, 0.3) is 6.08 Å². The molecule has 96 valence electrons. The van der Waals surface area contributed by atoms with Crippen molar-refractivity contribution in [3.8, 4) is 0 Å². The van der Waals surface area contributed by atoms with Gasteiger partial charge in [-0.3, -0.25) is 4.98 Å². The summed E-state index contributed by atoms with van der Waals surface area (Å²) in [6, 6.07) is 3.82. The lowest BCUT2D eigenvalue weighted by molar-refractivity contribution is -0.139. The van der Waals surface area contributed by atoms with Gasteiger partial charge in [0.2, 0.25) is 0 Å². The second-order valence-electron chi connectivity index (χ2n) is 3.82. The zero-order chi connectivity index (χ0) is 13.4. The van der Waals surface area contributed by atoms with Crippen molar-refractivity contribution in [1.29, 1.82) is 0 Å². The number of hydrogen-bond acceptors (Lipinski definition) is 4. The Morgan fingerprint density at radius 1 is 1.61 bits per heavy atom. The van der Waals surface area contributed by atoms with Gasteiger partial charge in [0.15, 0.2) is 0 Å². The molecule has 0 aliphatic carbocycles. The molecule has 0 spiro atoms. The third kappa shape index (κ3) is 5.96. The minimum atomic E-state index is -0.337. The minimum absolute atomic E-state index is 0.142. The number of aromatic nitrogens is 1. The summed E-state index contributed by atoms with van der Waals surface area (Å²) in [5, 5.41) is 0. The molecule has 1 atom stereocenters. The molecule has 1 unspecified atom stereocenters. The van der Waals surface area contributed by atoms with Crippen LogP contribution in [0, 0.1) is 0 Å². The van der Waals surface area contributed by atoms with Crippen LogP contribution in [0.4, 0.5) is 0 Å². The van der Waals surface area contributed by atoms with Crippen molar-refractivity contribution in [1.82, 2.24) is 4.98 Å². The molecular weight excluding hydrogens is 230 g/mol.